The van der Waals surface area contributed by atoms with Crippen molar-refractivity contribution in [1.82, 2.24) is 14.1 Å². The first-order valence-electron chi connectivity index (χ1n) is 11.8. The minimum Gasteiger partial charge on any atom is -0.493 e. The van der Waals surface area contributed by atoms with Crippen LogP contribution in [0.3, 0.4) is 0 Å². The van der Waals surface area contributed by atoms with Crippen LogP contribution in [0.25, 0.3) is 34.7 Å². The lowest BCUT2D eigenvalue weighted by Crippen LogP contribution is -2.26. The van der Waals surface area contributed by atoms with Gasteiger partial charge in [0.1, 0.15) is 23.7 Å². The number of rotatable bonds is 5. The number of carbonyl (C=O) groups excluding carboxylic acids is 1. The molecule has 0 amide bonds. The van der Waals surface area contributed by atoms with E-state index in [0.29, 0.717) is 11.5 Å². The molecule has 0 aliphatic carbocycles. The van der Waals surface area contributed by atoms with Crippen LogP contribution in [-0.2, 0) is 23.1 Å². The molecule has 0 spiro atoms. The second-order valence-corrected chi connectivity index (χ2v) is 9.77. The van der Waals surface area contributed by atoms with E-state index >= 15 is 0 Å². The number of aromatic hydroxyl groups is 1. The molecule has 2 aromatic carbocycles. The molecule has 0 atom stereocenters. The van der Waals surface area contributed by atoms with Gasteiger partial charge in [-0.15, -0.1) is 0 Å². The first kappa shape index (κ1) is 23.4. The van der Waals surface area contributed by atoms with Crippen molar-refractivity contribution in [1.29, 1.82) is 0 Å². The quantitative estimate of drug-likeness (QED) is 0.363. The summed E-state index contributed by atoms with van der Waals surface area (Å²) in [7, 11) is 2.00. The number of esters is 1. The second-order valence-electron chi connectivity index (χ2n) is 9.77. The summed E-state index contributed by atoms with van der Waals surface area (Å²) >= 11 is 0. The first-order valence-corrected chi connectivity index (χ1v) is 11.8. The number of allylic oxidation sites excluding steroid dienone is 1. The number of benzene rings is 2. The lowest BCUT2D eigenvalue weighted by Gasteiger charge is -2.20. The van der Waals surface area contributed by atoms with Crippen molar-refractivity contribution in [3.05, 3.63) is 77.4 Å². The fourth-order valence-electron chi connectivity index (χ4n) is 4.33. The van der Waals surface area contributed by atoms with Crippen LogP contribution < -0.4 is 0 Å². The van der Waals surface area contributed by atoms with E-state index in [9.17, 15) is 9.90 Å². The van der Waals surface area contributed by atoms with Crippen molar-refractivity contribution in [2.75, 3.05) is 0 Å². The number of hydrogen-bond donors (Lipinski definition) is 1. The van der Waals surface area contributed by atoms with E-state index in [1.165, 1.54) is 4.57 Å². The van der Waals surface area contributed by atoms with Crippen LogP contribution in [0.15, 0.2) is 59.7 Å². The summed E-state index contributed by atoms with van der Waals surface area (Å²) in [5.41, 5.74) is 4.51. The zero-order valence-corrected chi connectivity index (χ0v) is 20.8. The van der Waals surface area contributed by atoms with Crippen molar-refractivity contribution in [2.24, 2.45) is 12.0 Å². The van der Waals surface area contributed by atoms with Crippen molar-refractivity contribution in [3.63, 3.8) is 0 Å². The molecular weight excluding hydrogens is 452 g/mol. The summed E-state index contributed by atoms with van der Waals surface area (Å²) in [6, 6.07) is 15.9. The fraction of sp³-hybridized carbons (Fsp3) is 0.207. The van der Waals surface area contributed by atoms with Gasteiger partial charge in [0.05, 0.1) is 5.69 Å². The molecule has 0 radical (unpaired) electrons. The zero-order chi connectivity index (χ0) is 25.4. The monoisotopic (exact) mass is 480 g/mol. The molecule has 1 N–H and O–H groups in total. The van der Waals surface area contributed by atoms with E-state index in [0.717, 1.165) is 33.3 Å². The van der Waals surface area contributed by atoms with Gasteiger partial charge in [-0.25, -0.2) is 4.98 Å². The first-order chi connectivity index (χ1) is 17.2. The fourth-order valence-corrected chi connectivity index (χ4v) is 4.33. The van der Waals surface area contributed by atoms with Gasteiger partial charge in [-0.1, -0.05) is 36.4 Å². The number of aromatic nitrogens is 3. The van der Waals surface area contributed by atoms with Crippen LogP contribution in [0.1, 0.15) is 43.4 Å². The van der Waals surface area contributed by atoms with Gasteiger partial charge in [0, 0.05) is 47.1 Å². The molecule has 0 saturated carbocycles. The molecule has 0 saturated heterocycles. The van der Waals surface area contributed by atoms with Gasteiger partial charge in [-0.3, -0.25) is 14.4 Å². The Morgan fingerprint density at radius 2 is 1.83 bits per heavy atom. The SMILES string of the molecule is Cn1cc(/C=C/c2nc(C=C3C=Nc4ccccc43)c(O)n2CC(=O)OC(C)(C)C)c2ccccc21. The number of aryl methyl sites for hydroxylation is 1. The Hall–Kier alpha value is -4.39. The van der Waals surface area contributed by atoms with E-state index in [4.69, 9.17) is 4.74 Å². The van der Waals surface area contributed by atoms with Gasteiger partial charge < -0.3 is 14.4 Å². The van der Waals surface area contributed by atoms with Crippen LogP contribution in [0.5, 0.6) is 5.88 Å². The Morgan fingerprint density at radius 1 is 1.08 bits per heavy atom. The molecule has 7 heteroatoms. The molecule has 36 heavy (non-hydrogen) atoms. The Bertz CT molecular complexity index is 1560. The summed E-state index contributed by atoms with van der Waals surface area (Å²) in [6.45, 7) is 5.27. The third-order valence-electron chi connectivity index (χ3n) is 5.89. The highest BCUT2D eigenvalue weighted by atomic mass is 16.6. The van der Waals surface area contributed by atoms with Gasteiger partial charge >= 0.3 is 5.97 Å². The molecule has 7 nitrogen and oxygen atoms in total. The van der Waals surface area contributed by atoms with Gasteiger partial charge in [-0.2, -0.15) is 0 Å². The predicted octanol–water partition coefficient (Wildman–Crippen LogP) is 5.85. The second kappa shape index (κ2) is 9.00. The third kappa shape index (κ3) is 4.60. The van der Waals surface area contributed by atoms with Crippen LogP contribution >= 0.6 is 0 Å². The van der Waals surface area contributed by atoms with Crippen LogP contribution in [-0.4, -0.2) is 37.0 Å². The summed E-state index contributed by atoms with van der Waals surface area (Å²) in [6.07, 6.45) is 9.33. The highest BCUT2D eigenvalue weighted by molar-refractivity contribution is 6.21. The highest BCUT2D eigenvalue weighted by Crippen LogP contribution is 2.34. The maximum atomic E-state index is 12.7. The number of fused-ring (bicyclic) bond motifs is 2. The Labute approximate surface area is 209 Å². The summed E-state index contributed by atoms with van der Waals surface area (Å²) in [4.78, 5) is 21.8. The molecule has 0 fully saturated rings. The minimum atomic E-state index is -0.638. The zero-order valence-electron chi connectivity index (χ0n) is 20.8. The summed E-state index contributed by atoms with van der Waals surface area (Å²) in [5, 5.41) is 12.2. The normalized spacial score (nSPS) is 14.3. The van der Waals surface area contributed by atoms with Gasteiger partial charge in [-0.05, 0) is 51.1 Å². The van der Waals surface area contributed by atoms with Crippen LogP contribution in [0.2, 0.25) is 0 Å². The van der Waals surface area contributed by atoms with E-state index in [1.54, 1.807) is 12.3 Å². The lowest BCUT2D eigenvalue weighted by atomic mass is 10.1. The van der Waals surface area contributed by atoms with Gasteiger partial charge in [0.2, 0.25) is 5.88 Å². The van der Waals surface area contributed by atoms with Crippen LogP contribution in [0.4, 0.5) is 5.69 Å². The largest absolute Gasteiger partial charge is 0.493 e. The number of aliphatic imine (C=N–C) groups is 1. The topological polar surface area (TPSA) is 81.6 Å². The molecule has 3 heterocycles. The average Bonchev–Trinajstić information content (AvgIpc) is 3.47. The molecule has 182 valence electrons. The minimum absolute atomic E-state index is 0.108. The van der Waals surface area contributed by atoms with Crippen molar-refractivity contribution >= 4 is 52.6 Å². The summed E-state index contributed by atoms with van der Waals surface area (Å²) in [5.74, 6) is -0.118. The lowest BCUT2D eigenvalue weighted by molar-refractivity contribution is -0.155. The molecule has 0 unspecified atom stereocenters. The van der Waals surface area contributed by atoms with Gasteiger partial charge in [0.25, 0.3) is 0 Å². The predicted molar refractivity (Wildman–Crippen MR) is 144 cm³/mol. The number of para-hydroxylation sites is 2. The highest BCUT2D eigenvalue weighted by Gasteiger charge is 2.22. The van der Waals surface area contributed by atoms with E-state index < -0.39 is 11.6 Å². The van der Waals surface area contributed by atoms with E-state index in [-0.39, 0.29) is 12.4 Å². The molecular formula is C29H28N4O3. The molecule has 0 bridgehead atoms. The Morgan fingerprint density at radius 3 is 2.64 bits per heavy atom. The van der Waals surface area contributed by atoms with Crippen molar-refractivity contribution in [2.45, 2.75) is 32.9 Å². The number of nitrogens with zero attached hydrogens (tertiary/aromatic N) is 4. The number of ether oxygens (including phenoxy) is 1. The molecule has 5 rings (SSSR count). The standard InChI is InChI=1S/C29H28N4O3/c1-29(2,3)36-27(34)18-33-26(14-13-19-17-32(4)25-12-8-6-10-22(19)25)31-24(28(33)35)15-20-16-30-23-11-7-5-9-21(20)23/h5-17,35H,18H2,1-4H3/b14-13+,20-15?. The molecule has 2 aromatic heterocycles. The maximum Gasteiger partial charge on any atom is 0.326 e. The number of imidazole rings is 1. The number of hydrogen-bond acceptors (Lipinski definition) is 5. The average molecular weight is 481 g/mol. The molecule has 1 aliphatic heterocycles. The van der Waals surface area contributed by atoms with Gasteiger partial charge in [0.15, 0.2) is 0 Å². The Balaban J connectivity index is 1.55. The van der Waals surface area contributed by atoms with E-state index in [2.05, 4.69) is 26.7 Å². The summed E-state index contributed by atoms with van der Waals surface area (Å²) < 4.78 is 9.04. The van der Waals surface area contributed by atoms with Crippen molar-refractivity contribution in [3.8, 4) is 5.88 Å². The maximum absolute atomic E-state index is 12.7. The van der Waals surface area contributed by atoms with E-state index in [1.807, 2.05) is 82.6 Å². The number of carbonyl (C=O) groups is 1. The Kier molecular flexibility index (Phi) is 5.84. The smallest absolute Gasteiger partial charge is 0.326 e. The molecule has 4 aromatic rings. The molecule has 1 aliphatic rings. The third-order valence-corrected chi connectivity index (χ3v) is 5.89. The van der Waals surface area contributed by atoms with Crippen LogP contribution in [0, 0.1) is 0 Å². The van der Waals surface area contributed by atoms with Crippen molar-refractivity contribution < 1.29 is 14.6 Å².